The first-order valence-corrected chi connectivity index (χ1v) is 9.39. The zero-order chi connectivity index (χ0) is 18.7. The van der Waals surface area contributed by atoms with Gasteiger partial charge in [-0.3, -0.25) is 4.79 Å². The molecule has 1 amide bonds. The Labute approximate surface area is 166 Å². The second-order valence-corrected chi connectivity index (χ2v) is 7.29. The van der Waals surface area contributed by atoms with E-state index in [1.165, 1.54) is 0 Å². The highest BCUT2D eigenvalue weighted by Gasteiger charge is 2.50. The van der Waals surface area contributed by atoms with Crippen LogP contribution in [0.5, 0.6) is 0 Å². The summed E-state index contributed by atoms with van der Waals surface area (Å²) < 4.78 is 0.953. The van der Waals surface area contributed by atoms with E-state index in [1.807, 2.05) is 78.9 Å². The van der Waals surface area contributed by atoms with Crippen LogP contribution in [0.25, 0.3) is 0 Å². The van der Waals surface area contributed by atoms with Gasteiger partial charge in [-0.2, -0.15) is 0 Å². The number of nitrogens with one attached hydrogen (secondary N) is 1. The molecule has 1 heterocycles. The predicted octanol–water partition coefficient (Wildman–Crippen LogP) is 4.89. The highest BCUT2D eigenvalue weighted by molar-refractivity contribution is 9.10. The van der Waals surface area contributed by atoms with Gasteiger partial charge in [-0.1, -0.05) is 81.7 Å². The summed E-state index contributed by atoms with van der Waals surface area (Å²) in [6.07, 6.45) is 2.00. The van der Waals surface area contributed by atoms with Crippen LogP contribution < -0.4 is 5.32 Å². The smallest absolute Gasteiger partial charge is 0.276 e. The van der Waals surface area contributed by atoms with Gasteiger partial charge in [0.25, 0.3) is 5.91 Å². The maximum atomic E-state index is 13.0. The molecule has 0 aromatic heterocycles. The minimum Gasteiger partial charge on any atom is -0.374 e. The van der Waals surface area contributed by atoms with Gasteiger partial charge in [0, 0.05) is 22.1 Å². The summed E-state index contributed by atoms with van der Waals surface area (Å²) >= 11 is 3.49. The molecule has 1 aliphatic heterocycles. The lowest BCUT2D eigenvalue weighted by molar-refractivity contribution is -0.141. The number of para-hydroxylation sites is 1. The van der Waals surface area contributed by atoms with Crippen LogP contribution in [0.2, 0.25) is 0 Å². The Kier molecular flexibility index (Phi) is 4.77. The summed E-state index contributed by atoms with van der Waals surface area (Å²) in [5.41, 5.74) is 2.23. The van der Waals surface area contributed by atoms with Crippen molar-refractivity contribution in [3.63, 3.8) is 0 Å². The molecule has 1 N–H and O–H groups in total. The van der Waals surface area contributed by atoms with E-state index in [0.29, 0.717) is 6.42 Å². The van der Waals surface area contributed by atoms with Crippen LogP contribution in [0.3, 0.4) is 0 Å². The first kappa shape index (κ1) is 17.5. The van der Waals surface area contributed by atoms with Gasteiger partial charge in [0.15, 0.2) is 0 Å². The molecule has 0 saturated carbocycles. The average Bonchev–Trinajstić information content (AvgIpc) is 2.95. The predicted molar refractivity (Wildman–Crippen MR) is 110 cm³/mol. The second-order valence-electron chi connectivity index (χ2n) is 6.37. The normalized spacial score (nSPS) is 18.3. The van der Waals surface area contributed by atoms with Crippen molar-refractivity contribution >= 4 is 33.7 Å². The summed E-state index contributed by atoms with van der Waals surface area (Å²) in [7, 11) is 0. The quantitative estimate of drug-likeness (QED) is 0.471. The SMILES string of the molecule is O=C1Nc2ccccc2[C@]1(Cc1cccc(Br)c1)O/N=C/c1ccccc1. The van der Waals surface area contributed by atoms with Crippen LogP contribution in [-0.4, -0.2) is 12.1 Å². The largest absolute Gasteiger partial charge is 0.374 e. The van der Waals surface area contributed by atoms with Crippen LogP contribution >= 0.6 is 15.9 Å². The number of amides is 1. The number of nitrogens with zero attached hydrogens (tertiary/aromatic N) is 1. The molecule has 27 heavy (non-hydrogen) atoms. The number of halogens is 1. The molecule has 0 spiro atoms. The highest BCUT2D eigenvalue weighted by atomic mass is 79.9. The van der Waals surface area contributed by atoms with E-state index < -0.39 is 5.60 Å². The number of anilines is 1. The Morgan fingerprint density at radius 3 is 2.59 bits per heavy atom. The number of carbonyl (C=O) groups excluding carboxylic acids is 1. The Hall–Kier alpha value is -2.92. The lowest BCUT2D eigenvalue weighted by Crippen LogP contribution is -2.38. The van der Waals surface area contributed by atoms with Crippen LogP contribution in [0.15, 0.2) is 88.5 Å². The molecular formula is C22H17BrN2O2. The third-order valence-corrected chi connectivity index (χ3v) is 5.02. The number of hydrogen-bond acceptors (Lipinski definition) is 3. The molecule has 0 radical (unpaired) electrons. The van der Waals surface area contributed by atoms with E-state index >= 15 is 0 Å². The molecule has 5 heteroatoms. The lowest BCUT2D eigenvalue weighted by Gasteiger charge is -2.25. The molecule has 0 aliphatic carbocycles. The molecule has 1 aliphatic rings. The summed E-state index contributed by atoms with van der Waals surface area (Å²) in [4.78, 5) is 18.9. The number of benzene rings is 3. The van der Waals surface area contributed by atoms with Gasteiger partial charge in [0.2, 0.25) is 5.60 Å². The van der Waals surface area contributed by atoms with Gasteiger partial charge in [0.05, 0.1) is 6.21 Å². The van der Waals surface area contributed by atoms with E-state index in [9.17, 15) is 4.79 Å². The fourth-order valence-electron chi connectivity index (χ4n) is 3.24. The Morgan fingerprint density at radius 1 is 1.00 bits per heavy atom. The van der Waals surface area contributed by atoms with Crippen molar-refractivity contribution in [1.82, 2.24) is 0 Å². The Morgan fingerprint density at radius 2 is 1.78 bits per heavy atom. The molecule has 0 saturated heterocycles. The van der Waals surface area contributed by atoms with Crippen molar-refractivity contribution in [2.45, 2.75) is 12.0 Å². The third kappa shape index (κ3) is 3.51. The highest BCUT2D eigenvalue weighted by Crippen LogP contribution is 2.41. The van der Waals surface area contributed by atoms with Crippen LogP contribution in [0.4, 0.5) is 5.69 Å². The standard InChI is InChI=1S/C22H17BrN2O2/c23-18-10-6-9-17(13-18)14-22(27-24-15-16-7-2-1-3-8-16)19-11-4-5-12-20(19)25-21(22)26/h1-13,15H,14H2,(H,25,26)/b24-15+/t22-/m0/s1. The molecule has 3 aromatic carbocycles. The Balaban J connectivity index is 1.72. The molecule has 0 unspecified atom stereocenters. The van der Waals surface area contributed by atoms with Crippen LogP contribution in [0, 0.1) is 0 Å². The van der Waals surface area contributed by atoms with Gasteiger partial charge in [0.1, 0.15) is 0 Å². The van der Waals surface area contributed by atoms with E-state index in [0.717, 1.165) is 26.9 Å². The molecule has 3 aromatic rings. The second kappa shape index (κ2) is 7.37. The zero-order valence-corrected chi connectivity index (χ0v) is 16.0. The van der Waals surface area contributed by atoms with Gasteiger partial charge in [-0.15, -0.1) is 0 Å². The number of carbonyl (C=O) groups is 1. The number of rotatable bonds is 5. The van der Waals surface area contributed by atoms with Crippen molar-refractivity contribution < 1.29 is 9.63 Å². The van der Waals surface area contributed by atoms with Crippen molar-refractivity contribution in [1.29, 1.82) is 0 Å². The van der Waals surface area contributed by atoms with Crippen molar-refractivity contribution in [2.24, 2.45) is 5.16 Å². The minimum absolute atomic E-state index is 0.214. The molecule has 4 rings (SSSR count). The molecule has 0 fully saturated rings. The Bertz CT molecular complexity index is 1000. The first-order chi connectivity index (χ1) is 13.2. The topological polar surface area (TPSA) is 50.7 Å². The maximum Gasteiger partial charge on any atom is 0.276 e. The minimum atomic E-state index is -1.21. The molecule has 1 atom stereocenters. The fourth-order valence-corrected chi connectivity index (χ4v) is 3.69. The van der Waals surface area contributed by atoms with E-state index in [2.05, 4.69) is 26.4 Å². The molecule has 0 bridgehead atoms. The van der Waals surface area contributed by atoms with Crippen molar-refractivity contribution in [2.75, 3.05) is 5.32 Å². The molecule has 4 nitrogen and oxygen atoms in total. The van der Waals surface area contributed by atoms with Gasteiger partial charge >= 0.3 is 0 Å². The maximum absolute atomic E-state index is 13.0. The van der Waals surface area contributed by atoms with E-state index in [4.69, 9.17) is 4.84 Å². The number of fused-ring (bicyclic) bond motifs is 1. The van der Waals surface area contributed by atoms with Crippen molar-refractivity contribution in [3.8, 4) is 0 Å². The summed E-state index contributed by atoms with van der Waals surface area (Å²) in [5.74, 6) is -0.214. The van der Waals surface area contributed by atoms with Crippen molar-refractivity contribution in [3.05, 3.63) is 100 Å². The van der Waals surface area contributed by atoms with Gasteiger partial charge < -0.3 is 10.2 Å². The fraction of sp³-hybridized carbons (Fsp3) is 0.0909. The zero-order valence-electron chi connectivity index (χ0n) is 14.4. The van der Waals surface area contributed by atoms with Crippen LogP contribution in [-0.2, 0) is 21.7 Å². The summed E-state index contributed by atoms with van der Waals surface area (Å²) in [6.45, 7) is 0. The van der Waals surface area contributed by atoms with E-state index in [-0.39, 0.29) is 5.91 Å². The first-order valence-electron chi connectivity index (χ1n) is 8.59. The third-order valence-electron chi connectivity index (χ3n) is 4.53. The van der Waals surface area contributed by atoms with Gasteiger partial charge in [-0.25, -0.2) is 0 Å². The molecular weight excluding hydrogens is 404 g/mol. The summed E-state index contributed by atoms with van der Waals surface area (Å²) in [6, 6.07) is 25.1. The molecule has 134 valence electrons. The van der Waals surface area contributed by atoms with Crippen LogP contribution in [0.1, 0.15) is 16.7 Å². The van der Waals surface area contributed by atoms with E-state index in [1.54, 1.807) is 6.21 Å². The number of hydrogen-bond donors (Lipinski definition) is 1. The van der Waals surface area contributed by atoms with Gasteiger partial charge in [-0.05, 0) is 29.3 Å². The monoisotopic (exact) mass is 420 g/mol. The lowest BCUT2D eigenvalue weighted by atomic mass is 9.88. The summed E-state index contributed by atoms with van der Waals surface area (Å²) in [5, 5.41) is 7.09. The number of oxime groups is 1. The average molecular weight is 421 g/mol.